The van der Waals surface area contributed by atoms with Crippen LogP contribution in [0, 0.1) is 5.41 Å². The predicted molar refractivity (Wildman–Crippen MR) is 106 cm³/mol. The molecule has 0 N–H and O–H groups in total. The van der Waals surface area contributed by atoms with Crippen molar-refractivity contribution < 1.29 is 4.43 Å². The molecule has 0 aromatic carbocycles. The summed E-state index contributed by atoms with van der Waals surface area (Å²) in [7, 11) is 11.5. The standard InChI is InChI=1S/C18H43N3OSi/c1-10-22-23(8,9)17-18(11-14-19(2)3,12-15-20(4)5)13-16-21(6)7/h10-17H2,1-9H3. The van der Waals surface area contributed by atoms with E-state index >= 15 is 0 Å². The molecule has 0 aliphatic carbocycles. The first-order valence-electron chi connectivity index (χ1n) is 9.10. The molecule has 0 saturated heterocycles. The summed E-state index contributed by atoms with van der Waals surface area (Å²) in [5.41, 5.74) is 0.393. The minimum Gasteiger partial charge on any atom is -0.418 e. The molecule has 0 spiro atoms. The van der Waals surface area contributed by atoms with Gasteiger partial charge in [0.2, 0.25) is 0 Å². The molecule has 0 unspecified atom stereocenters. The molecule has 4 nitrogen and oxygen atoms in total. The van der Waals surface area contributed by atoms with E-state index in [-0.39, 0.29) is 0 Å². The molecule has 0 aliphatic heterocycles. The zero-order chi connectivity index (χ0) is 18.1. The average molecular weight is 346 g/mol. The lowest BCUT2D eigenvalue weighted by Crippen LogP contribution is -2.42. The monoisotopic (exact) mass is 345 g/mol. The van der Waals surface area contributed by atoms with Gasteiger partial charge in [0.05, 0.1) is 0 Å². The van der Waals surface area contributed by atoms with Crippen molar-refractivity contribution in [3.63, 3.8) is 0 Å². The molecule has 0 aromatic heterocycles. The summed E-state index contributed by atoms with van der Waals surface area (Å²) in [6.07, 6.45) is 3.81. The third-order valence-corrected chi connectivity index (χ3v) is 7.28. The predicted octanol–water partition coefficient (Wildman–Crippen LogP) is 3.07. The molecule has 0 aliphatic rings. The second kappa shape index (κ2) is 10.8. The van der Waals surface area contributed by atoms with E-state index in [1.807, 2.05) is 0 Å². The molecule has 0 rings (SSSR count). The molecule has 0 heterocycles. The molecular formula is C18H43N3OSi. The summed E-state index contributed by atoms with van der Waals surface area (Å²) >= 11 is 0. The molecule has 140 valence electrons. The van der Waals surface area contributed by atoms with Gasteiger partial charge >= 0.3 is 0 Å². The van der Waals surface area contributed by atoms with Crippen LogP contribution in [0.15, 0.2) is 0 Å². The van der Waals surface area contributed by atoms with E-state index in [1.54, 1.807) is 0 Å². The van der Waals surface area contributed by atoms with E-state index in [2.05, 4.69) is 77.0 Å². The van der Waals surface area contributed by atoms with E-state index in [0.717, 1.165) is 26.2 Å². The summed E-state index contributed by atoms with van der Waals surface area (Å²) < 4.78 is 6.20. The third-order valence-electron chi connectivity index (χ3n) is 4.60. The lowest BCUT2D eigenvalue weighted by Gasteiger charge is -2.41. The summed E-state index contributed by atoms with van der Waals surface area (Å²) in [4.78, 5) is 6.99. The number of rotatable bonds is 13. The van der Waals surface area contributed by atoms with Gasteiger partial charge in [-0.1, -0.05) is 0 Å². The molecular weight excluding hydrogens is 302 g/mol. The Kier molecular flexibility index (Phi) is 10.9. The van der Waals surface area contributed by atoms with Crippen LogP contribution in [-0.2, 0) is 4.43 Å². The quantitative estimate of drug-likeness (QED) is 0.478. The summed E-state index contributed by atoms with van der Waals surface area (Å²) in [6, 6.07) is 1.27. The normalized spacial score (nSPS) is 13.6. The van der Waals surface area contributed by atoms with E-state index in [4.69, 9.17) is 4.43 Å². The van der Waals surface area contributed by atoms with Crippen molar-refractivity contribution in [1.29, 1.82) is 0 Å². The number of nitrogens with zero attached hydrogens (tertiary/aromatic N) is 3. The van der Waals surface area contributed by atoms with Gasteiger partial charge in [0.25, 0.3) is 0 Å². The maximum absolute atomic E-state index is 6.20. The van der Waals surface area contributed by atoms with Crippen molar-refractivity contribution in [3.8, 4) is 0 Å². The highest BCUT2D eigenvalue weighted by molar-refractivity contribution is 6.71. The Labute approximate surface area is 147 Å². The van der Waals surface area contributed by atoms with Crippen molar-refractivity contribution in [1.82, 2.24) is 14.7 Å². The molecule has 0 radical (unpaired) electrons. The first-order valence-corrected chi connectivity index (χ1v) is 12.2. The Balaban J connectivity index is 5.23. The first kappa shape index (κ1) is 23.1. The van der Waals surface area contributed by atoms with Gasteiger partial charge in [-0.15, -0.1) is 0 Å². The second-order valence-electron chi connectivity index (χ2n) is 8.53. The molecule has 0 aromatic rings. The first-order chi connectivity index (χ1) is 10.5. The molecule has 5 heteroatoms. The second-order valence-corrected chi connectivity index (χ2v) is 12.7. The average Bonchev–Trinajstić information content (AvgIpc) is 2.40. The van der Waals surface area contributed by atoms with Crippen LogP contribution < -0.4 is 0 Å². The highest BCUT2D eigenvalue weighted by atomic mass is 28.4. The van der Waals surface area contributed by atoms with Crippen LogP contribution in [0.2, 0.25) is 19.1 Å². The Morgan fingerprint density at radius 2 is 1.09 bits per heavy atom. The van der Waals surface area contributed by atoms with Gasteiger partial charge in [-0.05, 0) is 113 Å². The van der Waals surface area contributed by atoms with Gasteiger partial charge in [0.1, 0.15) is 0 Å². The fraction of sp³-hybridized carbons (Fsp3) is 1.00. The van der Waals surface area contributed by atoms with Gasteiger partial charge in [-0.25, -0.2) is 0 Å². The Morgan fingerprint density at radius 1 is 0.739 bits per heavy atom. The Hall–Kier alpha value is 0.0569. The summed E-state index contributed by atoms with van der Waals surface area (Å²) in [6.45, 7) is 11.3. The molecule has 0 bridgehead atoms. The number of hydrogen-bond acceptors (Lipinski definition) is 4. The van der Waals surface area contributed by atoms with Crippen molar-refractivity contribution in [2.45, 2.75) is 45.3 Å². The molecule has 0 amide bonds. The lowest BCUT2D eigenvalue weighted by atomic mass is 9.79. The van der Waals surface area contributed by atoms with Gasteiger partial charge < -0.3 is 19.1 Å². The van der Waals surface area contributed by atoms with Crippen molar-refractivity contribution in [2.75, 3.05) is 68.5 Å². The molecule has 0 fully saturated rings. The topological polar surface area (TPSA) is 19.0 Å². The lowest BCUT2D eigenvalue weighted by molar-refractivity contribution is 0.165. The maximum Gasteiger partial charge on any atom is 0.187 e. The van der Waals surface area contributed by atoms with Gasteiger partial charge in [0, 0.05) is 6.61 Å². The van der Waals surface area contributed by atoms with Gasteiger partial charge in [0.15, 0.2) is 8.32 Å². The van der Waals surface area contributed by atoms with Crippen LogP contribution >= 0.6 is 0 Å². The van der Waals surface area contributed by atoms with Gasteiger partial charge in [-0.3, -0.25) is 0 Å². The van der Waals surface area contributed by atoms with Crippen LogP contribution in [0.25, 0.3) is 0 Å². The van der Waals surface area contributed by atoms with Crippen molar-refractivity contribution in [3.05, 3.63) is 0 Å². The SMILES string of the molecule is CCO[Si](C)(C)CC(CCN(C)C)(CCN(C)C)CCN(C)C. The zero-order valence-corrected chi connectivity index (χ0v) is 18.4. The zero-order valence-electron chi connectivity index (χ0n) is 17.4. The van der Waals surface area contributed by atoms with Crippen LogP contribution in [-0.4, -0.2) is 91.5 Å². The van der Waals surface area contributed by atoms with E-state index in [0.29, 0.717) is 5.41 Å². The van der Waals surface area contributed by atoms with Crippen LogP contribution in [0.3, 0.4) is 0 Å². The number of hydrogen-bond donors (Lipinski definition) is 0. The van der Waals surface area contributed by atoms with E-state index in [1.165, 1.54) is 25.3 Å². The van der Waals surface area contributed by atoms with Crippen molar-refractivity contribution >= 4 is 8.32 Å². The smallest absolute Gasteiger partial charge is 0.187 e. The Bertz CT molecular complexity index is 275. The molecule has 0 atom stereocenters. The van der Waals surface area contributed by atoms with Crippen LogP contribution in [0.4, 0.5) is 0 Å². The minimum absolute atomic E-state index is 0.393. The van der Waals surface area contributed by atoms with Gasteiger partial charge in [-0.2, -0.15) is 0 Å². The molecule has 23 heavy (non-hydrogen) atoms. The van der Waals surface area contributed by atoms with E-state index < -0.39 is 8.32 Å². The van der Waals surface area contributed by atoms with E-state index in [9.17, 15) is 0 Å². The minimum atomic E-state index is -1.61. The van der Waals surface area contributed by atoms with Crippen molar-refractivity contribution in [2.24, 2.45) is 5.41 Å². The van der Waals surface area contributed by atoms with Crippen LogP contribution in [0.5, 0.6) is 0 Å². The maximum atomic E-state index is 6.20. The molecule has 0 saturated carbocycles. The van der Waals surface area contributed by atoms with Crippen LogP contribution in [0.1, 0.15) is 26.2 Å². The summed E-state index contributed by atoms with van der Waals surface area (Å²) in [5.74, 6) is 0. The highest BCUT2D eigenvalue weighted by Gasteiger charge is 2.38. The fourth-order valence-electron chi connectivity index (χ4n) is 3.37. The largest absolute Gasteiger partial charge is 0.418 e. The summed E-state index contributed by atoms with van der Waals surface area (Å²) in [5, 5.41) is 0. The fourth-order valence-corrected chi connectivity index (χ4v) is 6.59. The highest BCUT2D eigenvalue weighted by Crippen LogP contribution is 2.40. The Morgan fingerprint density at radius 3 is 1.35 bits per heavy atom. The third kappa shape index (κ3) is 11.3.